The first-order valence-electron chi connectivity index (χ1n) is 6.92. The van der Waals surface area contributed by atoms with E-state index in [1.165, 1.54) is 19.4 Å². The lowest BCUT2D eigenvalue weighted by atomic mass is 9.89. The molecule has 7 heteroatoms. The molecule has 1 atom stereocenters. The normalized spacial score (nSPS) is 21.0. The van der Waals surface area contributed by atoms with Crippen molar-refractivity contribution in [3.63, 3.8) is 0 Å². The van der Waals surface area contributed by atoms with Crippen molar-refractivity contribution in [1.82, 2.24) is 10.3 Å². The van der Waals surface area contributed by atoms with Crippen molar-refractivity contribution in [2.24, 2.45) is 10.9 Å². The highest BCUT2D eigenvalue weighted by atomic mass is 16.5. The van der Waals surface area contributed by atoms with Crippen molar-refractivity contribution < 1.29 is 19.4 Å². The lowest BCUT2D eigenvalue weighted by molar-refractivity contribution is -0.124. The molecule has 2 heterocycles. The molecule has 1 amide bonds. The van der Waals surface area contributed by atoms with Crippen molar-refractivity contribution in [2.45, 2.75) is 32.9 Å². The molecule has 0 radical (unpaired) electrons. The van der Waals surface area contributed by atoms with Gasteiger partial charge in [0.1, 0.15) is 11.2 Å². The summed E-state index contributed by atoms with van der Waals surface area (Å²) in [5.41, 5.74) is -0.135. The highest BCUT2D eigenvalue weighted by Gasteiger charge is 2.43. The minimum atomic E-state index is -1.13. The Morgan fingerprint density at radius 1 is 1.50 bits per heavy atom. The number of amides is 1. The van der Waals surface area contributed by atoms with Crippen LogP contribution >= 0.6 is 0 Å². The van der Waals surface area contributed by atoms with Gasteiger partial charge < -0.3 is 15.2 Å². The maximum Gasteiger partial charge on any atom is 0.338 e. The maximum atomic E-state index is 12.2. The van der Waals surface area contributed by atoms with Gasteiger partial charge in [0.15, 0.2) is 5.84 Å². The molecular formula is C15H19N3O4. The zero-order chi connectivity index (χ0) is 16.5. The molecule has 0 saturated heterocycles. The third kappa shape index (κ3) is 2.71. The van der Waals surface area contributed by atoms with Crippen LogP contribution in [0.25, 0.3) is 0 Å². The van der Waals surface area contributed by atoms with Crippen molar-refractivity contribution in [3.8, 4) is 0 Å². The molecule has 0 bridgehead atoms. The van der Waals surface area contributed by atoms with E-state index in [4.69, 9.17) is 4.74 Å². The van der Waals surface area contributed by atoms with Gasteiger partial charge >= 0.3 is 5.97 Å². The number of pyridine rings is 1. The largest absolute Gasteiger partial charge is 0.478 e. The molecule has 2 N–H and O–H groups in total. The number of carbonyl (C=O) groups excluding carboxylic acids is 1. The molecule has 0 aliphatic carbocycles. The third-order valence-corrected chi connectivity index (χ3v) is 3.87. The van der Waals surface area contributed by atoms with Gasteiger partial charge in [-0.05, 0) is 24.5 Å². The van der Waals surface area contributed by atoms with Crippen LogP contribution < -0.4 is 5.32 Å². The van der Waals surface area contributed by atoms with Crippen LogP contribution in [-0.2, 0) is 16.1 Å². The van der Waals surface area contributed by atoms with Crippen LogP contribution in [0.4, 0.5) is 0 Å². The van der Waals surface area contributed by atoms with Gasteiger partial charge in [-0.1, -0.05) is 13.8 Å². The van der Waals surface area contributed by atoms with E-state index < -0.39 is 11.5 Å². The Hall–Kier alpha value is -2.28. The van der Waals surface area contributed by atoms with Gasteiger partial charge in [-0.15, -0.1) is 0 Å². The number of hydrogen-bond acceptors (Lipinski definition) is 5. The number of amidine groups is 1. The summed E-state index contributed by atoms with van der Waals surface area (Å²) in [6.07, 6.45) is 1.52. The molecule has 1 aromatic heterocycles. The monoisotopic (exact) mass is 305 g/mol. The second kappa shape index (κ2) is 5.84. The Morgan fingerprint density at radius 2 is 2.18 bits per heavy atom. The Labute approximate surface area is 128 Å². The zero-order valence-electron chi connectivity index (χ0n) is 13.0. The molecule has 0 aromatic carbocycles. The maximum absolute atomic E-state index is 12.2. The van der Waals surface area contributed by atoms with E-state index in [0.29, 0.717) is 5.56 Å². The number of hydrogen-bond donors (Lipinski definition) is 2. The molecule has 118 valence electrons. The topological polar surface area (TPSA) is 101 Å². The van der Waals surface area contributed by atoms with E-state index in [0.717, 1.165) is 0 Å². The first kappa shape index (κ1) is 16.1. The predicted octanol–water partition coefficient (Wildman–Crippen LogP) is 1.22. The molecular weight excluding hydrogens is 286 g/mol. The van der Waals surface area contributed by atoms with Crippen LogP contribution in [0.5, 0.6) is 0 Å². The molecule has 0 fully saturated rings. The first-order chi connectivity index (χ1) is 10.3. The van der Waals surface area contributed by atoms with Gasteiger partial charge in [0.25, 0.3) is 5.91 Å². The Kier molecular flexibility index (Phi) is 4.27. The Bertz CT molecular complexity index is 654. The van der Waals surface area contributed by atoms with E-state index >= 15 is 0 Å². The summed E-state index contributed by atoms with van der Waals surface area (Å²) >= 11 is 0. The van der Waals surface area contributed by atoms with Gasteiger partial charge in [0, 0.05) is 13.3 Å². The molecule has 1 aromatic rings. The number of carbonyl (C=O) groups is 2. The Morgan fingerprint density at radius 3 is 2.68 bits per heavy atom. The van der Waals surface area contributed by atoms with Gasteiger partial charge in [-0.2, -0.15) is 0 Å². The van der Waals surface area contributed by atoms with Gasteiger partial charge in [-0.3, -0.25) is 9.78 Å². The molecule has 2 rings (SSSR count). The summed E-state index contributed by atoms with van der Waals surface area (Å²) in [5.74, 6) is -1.21. The number of methoxy groups -OCH3 is 1. The average Bonchev–Trinajstić information content (AvgIpc) is 2.76. The van der Waals surface area contributed by atoms with Crippen molar-refractivity contribution in [1.29, 1.82) is 0 Å². The molecule has 22 heavy (non-hydrogen) atoms. The summed E-state index contributed by atoms with van der Waals surface area (Å²) in [5, 5.41) is 12.0. The van der Waals surface area contributed by atoms with Crippen LogP contribution in [0.3, 0.4) is 0 Å². The van der Waals surface area contributed by atoms with Crippen LogP contribution in [0, 0.1) is 5.92 Å². The quantitative estimate of drug-likeness (QED) is 0.851. The minimum absolute atomic E-state index is 0.0124. The number of rotatable bonds is 5. The van der Waals surface area contributed by atoms with Gasteiger partial charge in [0.05, 0.1) is 12.2 Å². The van der Waals surface area contributed by atoms with Crippen molar-refractivity contribution >= 4 is 17.7 Å². The molecule has 1 aliphatic rings. The van der Waals surface area contributed by atoms with Crippen LogP contribution in [0.1, 0.15) is 42.4 Å². The summed E-state index contributed by atoms with van der Waals surface area (Å²) < 4.78 is 4.98. The number of ether oxygens (including phenoxy) is 1. The minimum Gasteiger partial charge on any atom is -0.478 e. The lowest BCUT2D eigenvalue weighted by Gasteiger charge is -2.21. The van der Waals surface area contributed by atoms with Crippen molar-refractivity contribution in [3.05, 3.63) is 29.1 Å². The lowest BCUT2D eigenvalue weighted by Crippen LogP contribution is -2.41. The van der Waals surface area contributed by atoms with E-state index in [1.54, 1.807) is 6.92 Å². The molecule has 1 aliphatic heterocycles. The molecule has 7 nitrogen and oxygen atoms in total. The highest BCUT2D eigenvalue weighted by molar-refractivity contribution is 6.17. The number of aliphatic imine (C=N–C) groups is 1. The second-order valence-corrected chi connectivity index (χ2v) is 5.69. The number of aromatic nitrogens is 1. The Balaban J connectivity index is 2.49. The van der Waals surface area contributed by atoms with E-state index in [-0.39, 0.29) is 35.5 Å². The highest BCUT2D eigenvalue weighted by Crippen LogP contribution is 2.27. The molecule has 0 unspecified atom stereocenters. The number of carboxylic acids is 1. The number of aromatic carboxylic acids is 1. The van der Waals surface area contributed by atoms with Crippen LogP contribution in [0.2, 0.25) is 0 Å². The summed E-state index contributed by atoms with van der Waals surface area (Å²) in [4.78, 5) is 32.2. The van der Waals surface area contributed by atoms with E-state index in [1.807, 2.05) is 13.8 Å². The fourth-order valence-electron chi connectivity index (χ4n) is 2.15. The molecule has 0 spiro atoms. The number of carboxylic acid groups (broad SMARTS) is 1. The first-order valence-corrected chi connectivity index (χ1v) is 6.92. The third-order valence-electron chi connectivity index (χ3n) is 3.87. The summed E-state index contributed by atoms with van der Waals surface area (Å²) in [6, 6.07) is 1.48. The number of nitrogens with one attached hydrogen (secondary N) is 1. The zero-order valence-corrected chi connectivity index (χ0v) is 13.0. The van der Waals surface area contributed by atoms with Crippen LogP contribution in [-0.4, -0.2) is 40.5 Å². The van der Waals surface area contributed by atoms with Crippen LogP contribution in [0.15, 0.2) is 17.3 Å². The standard InChI is InChI=1S/C15H19N3O4/c1-8(2)15(3)14(21)17-12(18-15)11-10(13(19)20)5-9(6-16-11)7-22-4/h5-6,8H,7H2,1-4H3,(H,19,20)(H,17,18,21)/t15-/m1/s1. The average molecular weight is 305 g/mol. The van der Waals surface area contributed by atoms with E-state index in [9.17, 15) is 14.7 Å². The predicted molar refractivity (Wildman–Crippen MR) is 79.8 cm³/mol. The SMILES string of the molecule is COCc1cnc(C2=N[C@](C)(C(C)C)C(=O)N2)c(C(=O)O)c1. The molecule has 0 saturated carbocycles. The van der Waals surface area contributed by atoms with Crippen molar-refractivity contribution in [2.75, 3.05) is 7.11 Å². The van der Waals surface area contributed by atoms with E-state index in [2.05, 4.69) is 15.3 Å². The smallest absolute Gasteiger partial charge is 0.338 e. The summed E-state index contributed by atoms with van der Waals surface area (Å²) in [7, 11) is 1.52. The van der Waals surface area contributed by atoms with Gasteiger partial charge in [0.2, 0.25) is 0 Å². The fourth-order valence-corrected chi connectivity index (χ4v) is 2.15. The fraction of sp³-hybridized carbons (Fsp3) is 0.467. The number of nitrogens with zero attached hydrogens (tertiary/aromatic N) is 2. The second-order valence-electron chi connectivity index (χ2n) is 5.69. The summed E-state index contributed by atoms with van der Waals surface area (Å²) in [6.45, 7) is 5.76. The van der Waals surface area contributed by atoms with Gasteiger partial charge in [-0.25, -0.2) is 9.79 Å².